The molecule has 0 saturated carbocycles. The molecule has 19 heavy (non-hydrogen) atoms. The normalized spacial score (nSPS) is 25.0. The Kier molecular flexibility index (Phi) is 4.54. The number of nitrogens with zero attached hydrogens (tertiary/aromatic N) is 1. The van der Waals surface area contributed by atoms with E-state index in [1.54, 1.807) is 4.90 Å². The van der Waals surface area contributed by atoms with Crippen LogP contribution >= 0.6 is 12.2 Å². The van der Waals surface area contributed by atoms with Gasteiger partial charge in [-0.1, -0.05) is 12.2 Å². The minimum absolute atomic E-state index is 0.213. The molecule has 0 aliphatic carbocycles. The van der Waals surface area contributed by atoms with Crippen LogP contribution < -0.4 is 5.73 Å². The van der Waals surface area contributed by atoms with Gasteiger partial charge in [-0.3, -0.25) is 4.90 Å². The van der Waals surface area contributed by atoms with Gasteiger partial charge in [0, 0.05) is 19.6 Å². The Hall–Kier alpha value is -0.400. The van der Waals surface area contributed by atoms with Gasteiger partial charge in [0.25, 0.3) is 0 Å². The molecule has 1 fully saturated rings. The third-order valence-corrected chi connectivity index (χ3v) is 3.23. The molecule has 1 saturated heterocycles. The van der Waals surface area contributed by atoms with Gasteiger partial charge in [-0.05, 0) is 27.7 Å². The Morgan fingerprint density at radius 2 is 1.68 bits per heavy atom. The van der Waals surface area contributed by atoms with E-state index < -0.39 is 28.3 Å². The standard InChI is InChI=1S/C12H21F3N2OS/c1-10(2)6-17(7-11(3,4)18-10)5-8(9(16)19)12(13,14)15/h8H,5-7H2,1-4H3,(H2,16,19). The van der Waals surface area contributed by atoms with E-state index in [9.17, 15) is 13.2 Å². The Balaban J connectivity index is 2.83. The number of hydrogen-bond donors (Lipinski definition) is 1. The zero-order valence-corrected chi connectivity index (χ0v) is 12.5. The number of alkyl halides is 3. The predicted molar refractivity (Wildman–Crippen MR) is 72.0 cm³/mol. The number of halogens is 3. The number of morpholine rings is 1. The molecule has 0 radical (unpaired) electrons. The van der Waals surface area contributed by atoms with Crippen molar-refractivity contribution in [1.29, 1.82) is 0 Å². The van der Waals surface area contributed by atoms with E-state index in [0.717, 1.165) is 0 Å². The van der Waals surface area contributed by atoms with E-state index in [2.05, 4.69) is 12.2 Å². The monoisotopic (exact) mass is 298 g/mol. The molecule has 0 aromatic rings. The summed E-state index contributed by atoms with van der Waals surface area (Å²) >= 11 is 4.55. The minimum atomic E-state index is -4.40. The lowest BCUT2D eigenvalue weighted by Gasteiger charge is -2.48. The van der Waals surface area contributed by atoms with Crippen LogP contribution in [0.5, 0.6) is 0 Å². The summed E-state index contributed by atoms with van der Waals surface area (Å²) < 4.78 is 44.5. The van der Waals surface area contributed by atoms with Crippen LogP contribution in [0.3, 0.4) is 0 Å². The lowest BCUT2D eigenvalue weighted by molar-refractivity contribution is -0.197. The van der Waals surface area contributed by atoms with Gasteiger partial charge < -0.3 is 10.5 Å². The second kappa shape index (κ2) is 5.18. The van der Waals surface area contributed by atoms with Crippen LogP contribution in [0.15, 0.2) is 0 Å². The molecule has 1 unspecified atom stereocenters. The van der Waals surface area contributed by atoms with E-state index in [1.165, 1.54) is 0 Å². The summed E-state index contributed by atoms with van der Waals surface area (Å²) in [5.41, 5.74) is 4.24. The van der Waals surface area contributed by atoms with Crippen molar-refractivity contribution in [3.63, 3.8) is 0 Å². The van der Waals surface area contributed by atoms with Crippen molar-refractivity contribution in [2.75, 3.05) is 19.6 Å². The van der Waals surface area contributed by atoms with Crippen molar-refractivity contribution in [1.82, 2.24) is 4.90 Å². The SMILES string of the molecule is CC1(C)CN(CC(C(N)=S)C(F)(F)F)CC(C)(C)O1. The van der Waals surface area contributed by atoms with E-state index in [-0.39, 0.29) is 6.54 Å². The highest BCUT2D eigenvalue weighted by atomic mass is 32.1. The summed E-state index contributed by atoms with van der Waals surface area (Å²) in [6, 6.07) is 0. The van der Waals surface area contributed by atoms with Gasteiger partial charge in [-0.25, -0.2) is 0 Å². The fourth-order valence-corrected chi connectivity index (χ4v) is 2.90. The Morgan fingerprint density at radius 1 is 1.26 bits per heavy atom. The summed E-state index contributed by atoms with van der Waals surface area (Å²) in [6.07, 6.45) is -4.40. The zero-order chi connectivity index (χ0) is 15.1. The number of hydrogen-bond acceptors (Lipinski definition) is 3. The third-order valence-electron chi connectivity index (χ3n) is 2.94. The molecule has 7 heteroatoms. The van der Waals surface area contributed by atoms with Crippen molar-refractivity contribution in [2.45, 2.75) is 45.1 Å². The summed E-state index contributed by atoms with van der Waals surface area (Å²) in [4.78, 5) is 1.22. The quantitative estimate of drug-likeness (QED) is 0.812. The van der Waals surface area contributed by atoms with E-state index in [0.29, 0.717) is 13.1 Å². The lowest BCUT2D eigenvalue weighted by Crippen LogP contribution is -2.59. The first-order chi connectivity index (χ1) is 8.32. The van der Waals surface area contributed by atoms with Gasteiger partial charge in [0.1, 0.15) is 5.92 Å². The molecule has 0 amide bonds. The molecule has 0 bridgehead atoms. The molecule has 2 N–H and O–H groups in total. The first-order valence-electron chi connectivity index (χ1n) is 6.11. The summed E-state index contributed by atoms with van der Waals surface area (Å²) in [5, 5.41) is 0. The van der Waals surface area contributed by atoms with E-state index in [4.69, 9.17) is 10.5 Å². The summed E-state index contributed by atoms with van der Waals surface area (Å²) in [7, 11) is 0. The van der Waals surface area contributed by atoms with Crippen molar-refractivity contribution in [3.05, 3.63) is 0 Å². The van der Waals surface area contributed by atoms with Gasteiger partial charge in [0.15, 0.2) is 0 Å². The van der Waals surface area contributed by atoms with Gasteiger partial charge >= 0.3 is 6.18 Å². The first-order valence-corrected chi connectivity index (χ1v) is 6.52. The maximum atomic E-state index is 12.9. The van der Waals surface area contributed by atoms with Crippen LogP contribution in [0, 0.1) is 5.92 Å². The maximum absolute atomic E-state index is 12.9. The maximum Gasteiger partial charge on any atom is 0.399 e. The second-order valence-electron chi connectivity index (χ2n) is 6.29. The number of thiocarbonyl (C=S) groups is 1. The third kappa shape index (κ3) is 4.89. The number of nitrogens with two attached hydrogens (primary N) is 1. The largest absolute Gasteiger partial charge is 0.399 e. The molecule has 1 aliphatic rings. The Labute approximate surface area is 117 Å². The van der Waals surface area contributed by atoms with Crippen LogP contribution in [0.4, 0.5) is 13.2 Å². The molecule has 0 spiro atoms. The van der Waals surface area contributed by atoms with Crippen LogP contribution in [0.2, 0.25) is 0 Å². The molecular formula is C12H21F3N2OS. The minimum Gasteiger partial charge on any atom is -0.393 e. The lowest BCUT2D eigenvalue weighted by atomic mass is 9.97. The Bertz CT molecular complexity index is 339. The van der Waals surface area contributed by atoms with Crippen molar-refractivity contribution in [3.8, 4) is 0 Å². The van der Waals surface area contributed by atoms with Crippen LogP contribution in [-0.4, -0.2) is 46.9 Å². The van der Waals surface area contributed by atoms with Crippen LogP contribution in [-0.2, 0) is 4.74 Å². The van der Waals surface area contributed by atoms with Crippen molar-refractivity contribution < 1.29 is 17.9 Å². The molecule has 1 atom stereocenters. The van der Waals surface area contributed by atoms with Gasteiger partial charge in [-0.15, -0.1) is 0 Å². The van der Waals surface area contributed by atoms with Crippen molar-refractivity contribution >= 4 is 17.2 Å². The molecule has 3 nitrogen and oxygen atoms in total. The molecule has 1 heterocycles. The molecule has 1 aliphatic heterocycles. The topological polar surface area (TPSA) is 38.5 Å². The smallest absolute Gasteiger partial charge is 0.393 e. The second-order valence-corrected chi connectivity index (χ2v) is 6.76. The molecule has 0 aromatic heterocycles. The van der Waals surface area contributed by atoms with E-state index >= 15 is 0 Å². The van der Waals surface area contributed by atoms with Gasteiger partial charge in [0.05, 0.1) is 16.2 Å². The first kappa shape index (κ1) is 16.7. The summed E-state index contributed by atoms with van der Waals surface area (Å²) in [5.74, 6) is -1.77. The molecule has 0 aromatic carbocycles. The highest BCUT2D eigenvalue weighted by Gasteiger charge is 2.45. The molecular weight excluding hydrogens is 277 g/mol. The van der Waals surface area contributed by atoms with Gasteiger partial charge in [0.2, 0.25) is 0 Å². The fraction of sp³-hybridized carbons (Fsp3) is 0.917. The Morgan fingerprint density at radius 3 is 2.00 bits per heavy atom. The van der Waals surface area contributed by atoms with Gasteiger partial charge in [-0.2, -0.15) is 13.2 Å². The number of rotatable bonds is 3. The van der Waals surface area contributed by atoms with Crippen LogP contribution in [0.1, 0.15) is 27.7 Å². The van der Waals surface area contributed by atoms with Crippen LogP contribution in [0.25, 0.3) is 0 Å². The highest BCUT2D eigenvalue weighted by Crippen LogP contribution is 2.32. The highest BCUT2D eigenvalue weighted by molar-refractivity contribution is 7.80. The predicted octanol–water partition coefficient (Wildman–Crippen LogP) is 2.34. The zero-order valence-electron chi connectivity index (χ0n) is 11.7. The fourth-order valence-electron chi connectivity index (χ4n) is 2.69. The van der Waals surface area contributed by atoms with Crippen molar-refractivity contribution in [2.24, 2.45) is 11.7 Å². The number of ether oxygens (including phenoxy) is 1. The molecule has 1 rings (SSSR count). The average molecular weight is 298 g/mol. The average Bonchev–Trinajstić information content (AvgIpc) is 2.06. The van der Waals surface area contributed by atoms with E-state index in [1.807, 2.05) is 27.7 Å². The molecule has 112 valence electrons. The summed E-state index contributed by atoms with van der Waals surface area (Å²) in [6.45, 7) is 8.09.